The van der Waals surface area contributed by atoms with Gasteiger partial charge in [0, 0.05) is 0 Å². The van der Waals surface area contributed by atoms with Gasteiger partial charge in [0.15, 0.2) is 0 Å². The molecule has 1 atom stereocenters. The molecule has 1 aliphatic rings. The van der Waals surface area contributed by atoms with E-state index in [1.165, 1.54) is 120 Å². The monoisotopic (exact) mass is 666 g/mol. The van der Waals surface area contributed by atoms with E-state index in [1.54, 1.807) is 14.3 Å². The summed E-state index contributed by atoms with van der Waals surface area (Å²) < 4.78 is 1.61. The summed E-state index contributed by atoms with van der Waals surface area (Å²) in [4.78, 5) is 0. The van der Waals surface area contributed by atoms with E-state index in [9.17, 15) is 0 Å². The van der Waals surface area contributed by atoms with E-state index in [4.69, 9.17) is 0 Å². The molecule has 5 heteroatoms. The third-order valence-electron chi connectivity index (χ3n) is 8.66. The molecule has 0 radical (unpaired) electrons. The largest absolute Gasteiger partial charge is 1.00 e. The van der Waals surface area contributed by atoms with Crippen LogP contribution in [-0.4, -0.2) is 8.07 Å². The third-order valence-corrected chi connectivity index (χ3v) is 14.4. The molecular formula is C36H53Cl3SiTi. The fourth-order valence-corrected chi connectivity index (χ4v) is 12.3. The molecule has 0 heterocycles. The van der Waals surface area contributed by atoms with Gasteiger partial charge < -0.3 is 37.2 Å². The topological polar surface area (TPSA) is 0 Å². The second kappa shape index (κ2) is 24.1. The maximum atomic E-state index is 2.65. The molecule has 0 saturated carbocycles. The summed E-state index contributed by atoms with van der Waals surface area (Å²) in [6.45, 7) is 4.95. The minimum atomic E-state index is -1.80. The van der Waals surface area contributed by atoms with Crippen LogP contribution >= 0.6 is 0 Å². The summed E-state index contributed by atoms with van der Waals surface area (Å²) in [7, 11) is -1.80. The Morgan fingerprint density at radius 2 is 1.00 bits per heavy atom. The van der Waals surface area contributed by atoms with Crippen molar-refractivity contribution in [3.8, 4) is 0 Å². The van der Waals surface area contributed by atoms with Gasteiger partial charge in [0.25, 0.3) is 0 Å². The normalized spacial score (nSPS) is 14.0. The van der Waals surface area contributed by atoms with E-state index in [0.717, 1.165) is 6.42 Å². The minimum Gasteiger partial charge on any atom is -1.00 e. The van der Waals surface area contributed by atoms with Gasteiger partial charge in [-0.1, -0.05) is 58.3 Å². The average molecular weight is 668 g/mol. The van der Waals surface area contributed by atoms with Crippen LogP contribution in [0.25, 0.3) is 5.57 Å². The smallest absolute Gasteiger partial charge is 1.00 e. The first kappa shape index (κ1) is 40.7. The van der Waals surface area contributed by atoms with Gasteiger partial charge in [-0.2, -0.15) is 0 Å². The SMILES string of the molecule is CCCCCCCCCCCCCCCCCC[Si](C)(C1=[C]([Ti+3])CC=C1c1ccccc1)c1ccccc1.[Cl-].[Cl-].[Cl-]. The molecule has 1 aliphatic carbocycles. The Hall–Kier alpha value is -0.279. The van der Waals surface area contributed by atoms with E-state index in [1.807, 2.05) is 0 Å². The van der Waals surface area contributed by atoms with Crippen LogP contribution in [0.5, 0.6) is 0 Å². The van der Waals surface area contributed by atoms with Crippen LogP contribution < -0.4 is 42.4 Å². The Balaban J connectivity index is 0.00000533. The van der Waals surface area contributed by atoms with Crippen molar-refractivity contribution in [2.75, 3.05) is 0 Å². The number of allylic oxidation sites excluding steroid dienone is 4. The maximum absolute atomic E-state index is 2.65. The van der Waals surface area contributed by atoms with Crippen LogP contribution in [-0.2, 0) is 20.4 Å². The number of rotatable bonds is 20. The summed E-state index contributed by atoms with van der Waals surface area (Å²) in [6, 6.07) is 24.0. The van der Waals surface area contributed by atoms with Crippen LogP contribution in [0.4, 0.5) is 0 Å². The van der Waals surface area contributed by atoms with Crippen molar-refractivity contribution in [2.24, 2.45) is 0 Å². The van der Waals surface area contributed by atoms with E-state index in [0.29, 0.717) is 0 Å². The number of halogens is 3. The van der Waals surface area contributed by atoms with Crippen molar-refractivity contribution in [3.05, 3.63) is 81.4 Å². The summed E-state index contributed by atoms with van der Waals surface area (Å²) in [5.41, 5.74) is 2.93. The molecular weight excluding hydrogens is 615 g/mol. The van der Waals surface area contributed by atoms with E-state index < -0.39 is 8.07 Å². The Morgan fingerprint density at radius 1 is 0.585 bits per heavy atom. The minimum absolute atomic E-state index is 0. The van der Waals surface area contributed by atoms with Crippen LogP contribution in [0, 0.1) is 0 Å². The number of benzene rings is 2. The zero-order valence-corrected chi connectivity index (χ0v) is 30.5. The van der Waals surface area contributed by atoms with E-state index in [-0.39, 0.29) is 37.2 Å². The Morgan fingerprint density at radius 3 is 1.46 bits per heavy atom. The van der Waals surface area contributed by atoms with Gasteiger partial charge >= 0.3 is 191 Å². The summed E-state index contributed by atoms with van der Waals surface area (Å²) >= 11 is 2.39. The molecule has 3 rings (SSSR count). The van der Waals surface area contributed by atoms with Crippen molar-refractivity contribution < 1.29 is 57.7 Å². The molecule has 226 valence electrons. The molecule has 0 spiro atoms. The van der Waals surface area contributed by atoms with Crippen molar-refractivity contribution >= 4 is 18.8 Å². The number of hydrogen-bond acceptors (Lipinski definition) is 0. The molecule has 2 aromatic carbocycles. The number of unbranched alkanes of at least 4 members (excludes halogenated alkanes) is 15. The summed E-state index contributed by atoms with van der Waals surface area (Å²) in [5.74, 6) is 0. The third kappa shape index (κ3) is 13.9. The molecule has 0 N–H and O–H groups in total. The number of hydrogen-bond donors (Lipinski definition) is 0. The molecule has 41 heavy (non-hydrogen) atoms. The predicted octanol–water partition coefficient (Wildman–Crippen LogP) is 2.07. The molecule has 1 unspecified atom stereocenters. The second-order valence-corrected chi connectivity index (χ2v) is 17.0. The van der Waals surface area contributed by atoms with Crippen molar-refractivity contribution in [1.29, 1.82) is 0 Å². The first-order valence-electron chi connectivity index (χ1n) is 15.9. The van der Waals surface area contributed by atoms with Gasteiger partial charge in [0.2, 0.25) is 0 Å². The van der Waals surface area contributed by atoms with Crippen LogP contribution in [0.2, 0.25) is 12.6 Å². The van der Waals surface area contributed by atoms with Crippen LogP contribution in [0.15, 0.2) is 75.8 Å². The first-order valence-corrected chi connectivity index (χ1v) is 19.4. The fourth-order valence-electron chi connectivity index (χ4n) is 6.33. The Bertz CT molecular complexity index is 977. The fraction of sp³-hybridized carbons (Fsp3) is 0.556. The van der Waals surface area contributed by atoms with Gasteiger partial charge in [-0.05, 0) is 0 Å². The molecule has 0 saturated heterocycles. The molecule has 2 aromatic rings. The Labute approximate surface area is 284 Å². The average Bonchev–Trinajstić information content (AvgIpc) is 3.35. The van der Waals surface area contributed by atoms with Gasteiger partial charge in [-0.15, -0.1) is 0 Å². The molecule has 0 fully saturated rings. The van der Waals surface area contributed by atoms with Crippen LogP contribution in [0.1, 0.15) is 122 Å². The summed E-state index contributed by atoms with van der Waals surface area (Å²) in [5, 5.41) is 3.33. The predicted molar refractivity (Wildman–Crippen MR) is 168 cm³/mol. The zero-order chi connectivity index (χ0) is 26.9. The van der Waals surface area contributed by atoms with Gasteiger partial charge in [0.1, 0.15) is 0 Å². The summed E-state index contributed by atoms with van der Waals surface area (Å²) in [6.07, 6.45) is 26.6. The van der Waals surface area contributed by atoms with Crippen molar-refractivity contribution in [2.45, 2.75) is 129 Å². The standard InChI is InChI=1S/C36H53Si.3ClH.Ti/c1-3-4-5-6-7-8-9-10-11-12-13-14-15-16-17-24-32-37(2,34-28-22-19-23-29-34)36-31-25-30-35(36)33-26-20-18-21-27-33;;;;/h18-23,26-30H,3-17,24-25,32H2,1-2H3;3*1H;/q;;;;+3/p-3. The van der Waals surface area contributed by atoms with E-state index >= 15 is 0 Å². The maximum Gasteiger partial charge on any atom is -1.00 e. The van der Waals surface area contributed by atoms with Crippen LogP contribution in [0.3, 0.4) is 0 Å². The Kier molecular flexibility index (Phi) is 23.9. The molecule has 0 aliphatic heterocycles. The van der Waals surface area contributed by atoms with Crippen molar-refractivity contribution in [3.63, 3.8) is 0 Å². The molecule has 0 nitrogen and oxygen atoms in total. The first-order chi connectivity index (χ1) is 18.7. The molecule has 0 bridgehead atoms. The van der Waals surface area contributed by atoms with E-state index in [2.05, 4.69) is 101 Å². The van der Waals surface area contributed by atoms with Gasteiger partial charge in [-0.3, -0.25) is 0 Å². The second-order valence-electron chi connectivity index (χ2n) is 11.8. The molecule has 0 aromatic heterocycles. The van der Waals surface area contributed by atoms with Gasteiger partial charge in [-0.25, -0.2) is 0 Å². The van der Waals surface area contributed by atoms with Gasteiger partial charge in [0.05, 0.1) is 0 Å². The van der Waals surface area contributed by atoms with Crippen molar-refractivity contribution in [1.82, 2.24) is 0 Å². The quantitative estimate of drug-likeness (QED) is 0.150. The molecule has 0 amide bonds. The zero-order valence-electron chi connectivity index (χ0n) is 25.7.